The van der Waals surface area contributed by atoms with Gasteiger partial charge in [-0.3, -0.25) is 9.59 Å². The largest absolute Gasteiger partial charge is 0.507 e. The third kappa shape index (κ3) is 4.45. The third-order valence-corrected chi connectivity index (χ3v) is 4.44. The summed E-state index contributed by atoms with van der Waals surface area (Å²) in [7, 11) is 0. The van der Waals surface area contributed by atoms with Gasteiger partial charge in [0.15, 0.2) is 6.29 Å². The van der Waals surface area contributed by atoms with Crippen LogP contribution in [-0.2, 0) is 9.53 Å². The van der Waals surface area contributed by atoms with Crippen LogP contribution in [0.1, 0.15) is 70.3 Å². The Hall–Kier alpha value is -2.30. The van der Waals surface area contributed by atoms with Crippen LogP contribution in [0.15, 0.2) is 18.2 Å². The molecule has 0 radical (unpaired) electrons. The summed E-state index contributed by atoms with van der Waals surface area (Å²) in [5.74, 6) is -0.236. The third-order valence-electron chi connectivity index (χ3n) is 4.44. The highest BCUT2D eigenvalue weighted by molar-refractivity contribution is 5.89. The molecule has 0 unspecified atom stereocenters. The lowest BCUT2D eigenvalue weighted by Gasteiger charge is -2.43. The smallest absolute Gasteiger partial charge is 0.306 e. The number of hydrogen-bond donors (Lipinski definition) is 1. The quantitative estimate of drug-likeness (QED) is 0.626. The van der Waals surface area contributed by atoms with Crippen LogP contribution in [0, 0.1) is 0 Å². The molecule has 5 heteroatoms. The Morgan fingerprint density at radius 2 is 1.96 bits per heavy atom. The standard InChI is InChI=1S/C21H29NO4/c1-14-12-21(5,6)22(9-7-8-19(25)26-20(2,3)4)17-11-18(24)15(13-23)10-16(14)17/h10-13,24H,7-9H2,1-6H3. The van der Waals surface area contributed by atoms with E-state index in [4.69, 9.17) is 4.74 Å². The molecule has 1 aliphatic heterocycles. The highest BCUT2D eigenvalue weighted by Gasteiger charge is 2.32. The number of rotatable bonds is 5. The molecule has 0 saturated heterocycles. The Morgan fingerprint density at radius 3 is 2.54 bits per heavy atom. The number of ether oxygens (including phenoxy) is 1. The maximum atomic E-state index is 12.0. The van der Waals surface area contributed by atoms with Gasteiger partial charge in [0, 0.05) is 30.3 Å². The van der Waals surface area contributed by atoms with E-state index in [1.807, 2.05) is 27.7 Å². The molecule has 2 rings (SSSR count). The highest BCUT2D eigenvalue weighted by Crippen LogP contribution is 2.41. The van der Waals surface area contributed by atoms with Crippen molar-refractivity contribution in [2.75, 3.05) is 11.4 Å². The number of phenols is 1. The summed E-state index contributed by atoms with van der Waals surface area (Å²) in [6, 6.07) is 3.37. The maximum Gasteiger partial charge on any atom is 0.306 e. The van der Waals surface area contributed by atoms with E-state index in [-0.39, 0.29) is 22.8 Å². The van der Waals surface area contributed by atoms with E-state index >= 15 is 0 Å². The second-order valence-corrected chi connectivity index (χ2v) is 8.37. The first-order valence-electron chi connectivity index (χ1n) is 8.96. The molecule has 0 bridgehead atoms. The minimum Gasteiger partial charge on any atom is -0.507 e. The van der Waals surface area contributed by atoms with Crippen LogP contribution in [0.3, 0.4) is 0 Å². The van der Waals surface area contributed by atoms with Gasteiger partial charge >= 0.3 is 5.97 Å². The van der Waals surface area contributed by atoms with Crippen LogP contribution < -0.4 is 4.90 Å². The number of aldehydes is 1. The number of nitrogens with zero attached hydrogens (tertiary/aromatic N) is 1. The molecule has 1 heterocycles. The Kier molecular flexibility index (Phi) is 5.49. The number of fused-ring (bicyclic) bond motifs is 1. The van der Waals surface area contributed by atoms with Crippen LogP contribution in [0.4, 0.5) is 5.69 Å². The van der Waals surface area contributed by atoms with Gasteiger partial charge in [-0.15, -0.1) is 0 Å². The molecule has 142 valence electrons. The van der Waals surface area contributed by atoms with Gasteiger partial charge < -0.3 is 14.7 Å². The average molecular weight is 359 g/mol. The molecule has 1 N–H and O–H groups in total. The van der Waals surface area contributed by atoms with Crippen LogP contribution >= 0.6 is 0 Å². The number of anilines is 1. The number of esters is 1. The normalized spacial score (nSPS) is 15.9. The molecule has 1 aromatic rings. The van der Waals surface area contributed by atoms with Gasteiger partial charge in [0.25, 0.3) is 0 Å². The van der Waals surface area contributed by atoms with Gasteiger partial charge in [-0.2, -0.15) is 0 Å². The molecular formula is C21H29NO4. The molecule has 1 aliphatic rings. The predicted octanol–water partition coefficient (Wildman–Crippen LogP) is 4.33. The number of phenolic OH excluding ortho intramolecular Hbond substituents is 1. The van der Waals surface area contributed by atoms with Gasteiger partial charge in [0.2, 0.25) is 0 Å². The summed E-state index contributed by atoms with van der Waals surface area (Å²) < 4.78 is 5.37. The Balaban J connectivity index is 2.22. The lowest BCUT2D eigenvalue weighted by molar-refractivity contribution is -0.154. The Bertz CT molecular complexity index is 741. The second kappa shape index (κ2) is 7.14. The molecule has 5 nitrogen and oxygen atoms in total. The minimum absolute atomic E-state index is 0.0265. The fraction of sp³-hybridized carbons (Fsp3) is 0.524. The van der Waals surface area contributed by atoms with E-state index in [9.17, 15) is 14.7 Å². The fourth-order valence-electron chi connectivity index (χ4n) is 3.41. The highest BCUT2D eigenvalue weighted by atomic mass is 16.6. The molecule has 0 spiro atoms. The number of hydrogen-bond acceptors (Lipinski definition) is 5. The number of benzene rings is 1. The predicted molar refractivity (Wildman–Crippen MR) is 104 cm³/mol. The first kappa shape index (κ1) is 20.0. The van der Waals surface area contributed by atoms with Crippen molar-refractivity contribution in [2.24, 2.45) is 0 Å². The molecule has 0 amide bonds. The topological polar surface area (TPSA) is 66.8 Å². The molecule has 1 aromatic carbocycles. The summed E-state index contributed by atoms with van der Waals surface area (Å²) in [4.78, 5) is 25.3. The number of carbonyl (C=O) groups is 2. The lowest BCUT2D eigenvalue weighted by Crippen LogP contribution is -2.45. The van der Waals surface area contributed by atoms with E-state index in [0.717, 1.165) is 16.8 Å². The van der Waals surface area contributed by atoms with Crippen molar-refractivity contribution in [3.63, 3.8) is 0 Å². The van der Waals surface area contributed by atoms with E-state index in [1.165, 1.54) is 0 Å². The van der Waals surface area contributed by atoms with Gasteiger partial charge in [-0.1, -0.05) is 6.08 Å². The zero-order chi connectivity index (χ0) is 19.7. The number of allylic oxidation sites excluding steroid dienone is 1. The van der Waals surface area contributed by atoms with E-state index in [2.05, 4.69) is 24.8 Å². The molecular weight excluding hydrogens is 330 g/mol. The van der Waals surface area contributed by atoms with Gasteiger partial charge in [0.1, 0.15) is 11.4 Å². The summed E-state index contributed by atoms with van der Waals surface area (Å²) in [6.45, 7) is 12.4. The zero-order valence-corrected chi connectivity index (χ0v) is 16.5. The van der Waals surface area contributed by atoms with Crippen molar-refractivity contribution in [1.29, 1.82) is 0 Å². The second-order valence-electron chi connectivity index (χ2n) is 8.37. The molecule has 0 aliphatic carbocycles. The summed E-state index contributed by atoms with van der Waals surface area (Å²) in [5.41, 5.74) is 2.41. The van der Waals surface area contributed by atoms with E-state index in [0.29, 0.717) is 25.7 Å². The van der Waals surface area contributed by atoms with Crippen molar-refractivity contribution >= 4 is 23.5 Å². The summed E-state index contributed by atoms with van der Waals surface area (Å²) in [6.07, 6.45) is 3.78. The lowest BCUT2D eigenvalue weighted by atomic mass is 9.87. The molecule has 0 fully saturated rings. The van der Waals surface area contributed by atoms with E-state index in [1.54, 1.807) is 12.1 Å². The summed E-state index contributed by atoms with van der Waals surface area (Å²) in [5, 5.41) is 10.1. The van der Waals surface area contributed by atoms with Crippen molar-refractivity contribution in [3.05, 3.63) is 29.3 Å². The van der Waals surface area contributed by atoms with Crippen molar-refractivity contribution in [3.8, 4) is 5.75 Å². The van der Waals surface area contributed by atoms with Crippen LogP contribution in [0.25, 0.3) is 5.57 Å². The van der Waals surface area contributed by atoms with Crippen LogP contribution in [0.5, 0.6) is 5.75 Å². The van der Waals surface area contributed by atoms with Gasteiger partial charge in [-0.05, 0) is 59.6 Å². The zero-order valence-electron chi connectivity index (χ0n) is 16.5. The SMILES string of the molecule is CC1=CC(C)(C)N(CCCC(=O)OC(C)(C)C)c2cc(O)c(C=O)cc21. The number of aromatic hydroxyl groups is 1. The Morgan fingerprint density at radius 1 is 1.31 bits per heavy atom. The van der Waals surface area contributed by atoms with Crippen LogP contribution in [-0.4, -0.2) is 35.0 Å². The van der Waals surface area contributed by atoms with E-state index < -0.39 is 5.60 Å². The van der Waals surface area contributed by atoms with Gasteiger partial charge in [-0.25, -0.2) is 0 Å². The monoisotopic (exact) mass is 359 g/mol. The van der Waals surface area contributed by atoms with Crippen molar-refractivity contribution < 1.29 is 19.4 Å². The molecule has 0 aromatic heterocycles. The molecule has 0 atom stereocenters. The first-order valence-corrected chi connectivity index (χ1v) is 8.96. The minimum atomic E-state index is -0.481. The van der Waals surface area contributed by atoms with Crippen molar-refractivity contribution in [1.82, 2.24) is 0 Å². The molecule has 26 heavy (non-hydrogen) atoms. The van der Waals surface area contributed by atoms with Crippen LogP contribution in [0.2, 0.25) is 0 Å². The summed E-state index contributed by atoms with van der Waals surface area (Å²) >= 11 is 0. The van der Waals surface area contributed by atoms with Crippen molar-refractivity contribution in [2.45, 2.75) is 65.5 Å². The fourth-order valence-corrected chi connectivity index (χ4v) is 3.41. The molecule has 0 saturated carbocycles. The average Bonchev–Trinajstić information content (AvgIpc) is 2.47. The maximum absolute atomic E-state index is 12.0. The first-order chi connectivity index (χ1) is 11.9. The van der Waals surface area contributed by atoms with Gasteiger partial charge in [0.05, 0.1) is 11.1 Å². The number of carbonyl (C=O) groups excluding carboxylic acids is 2. The Labute approximate surface area is 155 Å².